The van der Waals surface area contributed by atoms with Crippen molar-refractivity contribution in [2.75, 3.05) is 24.3 Å². The van der Waals surface area contributed by atoms with E-state index in [-0.39, 0.29) is 10.6 Å². The third kappa shape index (κ3) is 5.72. The van der Waals surface area contributed by atoms with Gasteiger partial charge in [-0.05, 0) is 43.0 Å². The molecule has 0 heterocycles. The molecule has 0 aliphatic rings. The second kappa shape index (κ2) is 8.14. The van der Waals surface area contributed by atoms with Crippen LogP contribution in [0.2, 0.25) is 0 Å². The van der Waals surface area contributed by atoms with Gasteiger partial charge in [0.2, 0.25) is 10.0 Å². The second-order valence-corrected chi connectivity index (χ2v) is 7.77. The molecule has 0 spiro atoms. The van der Waals surface area contributed by atoms with E-state index >= 15 is 0 Å². The van der Waals surface area contributed by atoms with Crippen LogP contribution < -0.4 is 10.5 Å². The predicted octanol–water partition coefficient (Wildman–Crippen LogP) is 2.84. The minimum absolute atomic E-state index is 0.139. The lowest BCUT2D eigenvalue weighted by Crippen LogP contribution is -2.25. The van der Waals surface area contributed by atoms with Crippen LogP contribution in [0.1, 0.15) is 19.3 Å². The van der Waals surface area contributed by atoms with Gasteiger partial charge in [0.1, 0.15) is 4.90 Å². The topological polar surface area (TPSA) is 72.2 Å². The van der Waals surface area contributed by atoms with Crippen molar-refractivity contribution >= 4 is 43.4 Å². The minimum atomic E-state index is -3.50. The Morgan fingerprint density at radius 2 is 2.05 bits per heavy atom. The lowest BCUT2D eigenvalue weighted by molar-refractivity contribution is 0.576. The first kappa shape index (κ1) is 16.8. The fraction of sp³-hybridized carbons (Fsp3) is 0.500. The first-order valence-electron chi connectivity index (χ1n) is 6.01. The predicted molar refractivity (Wildman–Crippen MR) is 86.0 cm³/mol. The van der Waals surface area contributed by atoms with E-state index in [4.69, 9.17) is 5.73 Å². The van der Waals surface area contributed by atoms with Crippen LogP contribution in [0, 0.1) is 0 Å². The summed E-state index contributed by atoms with van der Waals surface area (Å²) in [6.45, 7) is 0.451. The number of benzene rings is 1. The lowest BCUT2D eigenvalue weighted by atomic mass is 10.2. The number of nitrogens with one attached hydrogen (secondary N) is 1. The summed E-state index contributed by atoms with van der Waals surface area (Å²) in [6.07, 6.45) is 5.05. The molecule has 0 amide bonds. The fourth-order valence-electron chi connectivity index (χ4n) is 1.60. The van der Waals surface area contributed by atoms with E-state index in [9.17, 15) is 8.42 Å². The molecular formula is C12H19BrN2O2S2. The molecule has 0 saturated heterocycles. The zero-order chi connectivity index (χ0) is 14.3. The monoisotopic (exact) mass is 366 g/mol. The zero-order valence-electron chi connectivity index (χ0n) is 10.9. The molecule has 0 aromatic heterocycles. The number of nitrogen functional groups attached to an aromatic ring is 1. The molecule has 0 radical (unpaired) electrons. The van der Waals surface area contributed by atoms with Crippen LogP contribution in [0.15, 0.2) is 27.6 Å². The molecule has 0 unspecified atom stereocenters. The van der Waals surface area contributed by atoms with E-state index in [1.165, 1.54) is 6.07 Å². The third-order valence-corrected chi connectivity index (χ3v) is 5.30. The number of nitrogens with two attached hydrogens (primary N) is 1. The molecule has 1 aromatic rings. The molecule has 1 aromatic carbocycles. The van der Waals surface area contributed by atoms with Gasteiger partial charge < -0.3 is 5.73 Å². The molecular weight excluding hydrogens is 348 g/mol. The summed E-state index contributed by atoms with van der Waals surface area (Å²) in [4.78, 5) is 0.139. The average molecular weight is 367 g/mol. The highest BCUT2D eigenvalue weighted by atomic mass is 79.9. The van der Waals surface area contributed by atoms with E-state index in [1.807, 2.05) is 0 Å². The summed E-state index contributed by atoms with van der Waals surface area (Å²) in [7, 11) is -3.50. The Kier molecular flexibility index (Phi) is 7.20. The second-order valence-electron chi connectivity index (χ2n) is 4.13. The van der Waals surface area contributed by atoms with Crippen molar-refractivity contribution in [2.45, 2.75) is 24.2 Å². The number of halogens is 1. The van der Waals surface area contributed by atoms with Gasteiger partial charge in [0, 0.05) is 11.0 Å². The summed E-state index contributed by atoms with van der Waals surface area (Å²) in [5.41, 5.74) is 5.98. The van der Waals surface area contributed by atoms with Crippen molar-refractivity contribution in [1.29, 1.82) is 0 Å². The van der Waals surface area contributed by atoms with Crippen LogP contribution in [0.5, 0.6) is 0 Å². The number of unbranched alkanes of at least 4 members (excludes halogenated alkanes) is 2. The lowest BCUT2D eigenvalue weighted by Gasteiger charge is -2.09. The quantitative estimate of drug-likeness (QED) is 0.548. The van der Waals surface area contributed by atoms with Crippen molar-refractivity contribution in [3.05, 3.63) is 22.7 Å². The fourth-order valence-corrected chi connectivity index (χ4v) is 3.65. The Balaban J connectivity index is 2.52. The number of sulfonamides is 1. The number of thioether (sulfide) groups is 1. The number of hydrogen-bond acceptors (Lipinski definition) is 4. The molecule has 4 nitrogen and oxygen atoms in total. The Morgan fingerprint density at radius 3 is 2.68 bits per heavy atom. The third-order valence-electron chi connectivity index (χ3n) is 2.58. The van der Waals surface area contributed by atoms with Gasteiger partial charge in [0.25, 0.3) is 0 Å². The van der Waals surface area contributed by atoms with Crippen molar-refractivity contribution in [1.82, 2.24) is 4.72 Å². The van der Waals surface area contributed by atoms with Crippen LogP contribution in [0.4, 0.5) is 5.69 Å². The summed E-state index contributed by atoms with van der Waals surface area (Å²) in [6, 6.07) is 4.77. The van der Waals surface area contributed by atoms with Crippen LogP contribution in [0.3, 0.4) is 0 Å². The van der Waals surface area contributed by atoms with Gasteiger partial charge in [-0.1, -0.05) is 22.4 Å². The highest BCUT2D eigenvalue weighted by Crippen LogP contribution is 2.22. The standard InChI is InChI=1S/C12H19BrN2O2S2/c1-18-8-4-2-3-7-15-19(16,17)12-6-5-10(13)9-11(12)14/h5-6,9,15H,2-4,7-8,14H2,1H3. The first-order chi connectivity index (χ1) is 8.97. The van der Waals surface area contributed by atoms with Crippen molar-refractivity contribution in [2.24, 2.45) is 0 Å². The molecule has 108 valence electrons. The zero-order valence-corrected chi connectivity index (χ0v) is 14.1. The van der Waals surface area contributed by atoms with Crippen LogP contribution in [-0.2, 0) is 10.0 Å². The highest BCUT2D eigenvalue weighted by Gasteiger charge is 2.16. The molecule has 1 rings (SSSR count). The summed E-state index contributed by atoms with van der Waals surface area (Å²) >= 11 is 5.06. The Hall–Kier alpha value is -0.240. The smallest absolute Gasteiger partial charge is 0.242 e. The molecule has 19 heavy (non-hydrogen) atoms. The van der Waals surface area contributed by atoms with E-state index in [1.54, 1.807) is 23.9 Å². The first-order valence-corrected chi connectivity index (χ1v) is 9.68. The van der Waals surface area contributed by atoms with Crippen molar-refractivity contribution < 1.29 is 8.42 Å². The summed E-state index contributed by atoms with van der Waals surface area (Å²) in [5, 5.41) is 0. The summed E-state index contributed by atoms with van der Waals surface area (Å²) < 4.78 is 27.4. The SMILES string of the molecule is CSCCCCCNS(=O)(=O)c1ccc(Br)cc1N. The number of anilines is 1. The molecule has 0 bridgehead atoms. The van der Waals surface area contributed by atoms with E-state index in [2.05, 4.69) is 26.9 Å². The van der Waals surface area contributed by atoms with Crippen molar-refractivity contribution in [3.63, 3.8) is 0 Å². The van der Waals surface area contributed by atoms with Gasteiger partial charge in [-0.25, -0.2) is 13.1 Å². The van der Waals surface area contributed by atoms with Gasteiger partial charge in [-0.3, -0.25) is 0 Å². The van der Waals surface area contributed by atoms with Gasteiger partial charge in [-0.2, -0.15) is 11.8 Å². The van der Waals surface area contributed by atoms with Crippen LogP contribution in [-0.4, -0.2) is 27.0 Å². The van der Waals surface area contributed by atoms with Gasteiger partial charge in [0.15, 0.2) is 0 Å². The molecule has 3 N–H and O–H groups in total. The number of rotatable bonds is 8. The number of hydrogen-bond donors (Lipinski definition) is 2. The average Bonchev–Trinajstić information content (AvgIpc) is 2.33. The molecule has 0 saturated carbocycles. The molecule has 0 fully saturated rings. The van der Waals surface area contributed by atoms with Gasteiger partial charge in [-0.15, -0.1) is 0 Å². The van der Waals surface area contributed by atoms with Crippen LogP contribution >= 0.6 is 27.7 Å². The summed E-state index contributed by atoms with van der Waals surface area (Å²) in [5.74, 6) is 1.12. The molecule has 0 aliphatic heterocycles. The molecule has 0 atom stereocenters. The molecule has 0 aliphatic carbocycles. The van der Waals surface area contributed by atoms with E-state index in [0.29, 0.717) is 6.54 Å². The minimum Gasteiger partial charge on any atom is -0.398 e. The van der Waals surface area contributed by atoms with Crippen LogP contribution in [0.25, 0.3) is 0 Å². The Labute approximate surface area is 127 Å². The normalized spacial score (nSPS) is 11.7. The molecule has 7 heteroatoms. The highest BCUT2D eigenvalue weighted by molar-refractivity contribution is 9.10. The van der Waals surface area contributed by atoms with Gasteiger partial charge >= 0.3 is 0 Å². The Morgan fingerprint density at radius 1 is 1.32 bits per heavy atom. The van der Waals surface area contributed by atoms with Crippen molar-refractivity contribution in [3.8, 4) is 0 Å². The van der Waals surface area contributed by atoms with E-state index < -0.39 is 10.0 Å². The maximum atomic E-state index is 12.0. The van der Waals surface area contributed by atoms with Gasteiger partial charge in [0.05, 0.1) is 5.69 Å². The van der Waals surface area contributed by atoms with E-state index in [0.717, 1.165) is 29.5 Å². The maximum absolute atomic E-state index is 12.0. The maximum Gasteiger partial charge on any atom is 0.242 e. The largest absolute Gasteiger partial charge is 0.398 e. The Bertz CT molecular complexity index is 506.